The molecule has 1 fully saturated rings. The number of hydrogen-bond acceptors (Lipinski definition) is 5. The summed E-state index contributed by atoms with van der Waals surface area (Å²) in [4.78, 5) is 28.6. The topological polar surface area (TPSA) is 77.8 Å². The summed E-state index contributed by atoms with van der Waals surface area (Å²) in [5.74, 6) is 0.144. The van der Waals surface area contributed by atoms with Gasteiger partial charge < -0.3 is 24.9 Å². The minimum Gasteiger partial charge on any atom is -0.459 e. The summed E-state index contributed by atoms with van der Waals surface area (Å²) in [7, 11) is 0. The molecular formula is C24H24N4O3S. The van der Waals surface area contributed by atoms with Gasteiger partial charge in [-0.25, -0.2) is 0 Å². The van der Waals surface area contributed by atoms with Gasteiger partial charge in [-0.3, -0.25) is 9.59 Å². The molecule has 4 rings (SSSR count). The van der Waals surface area contributed by atoms with Crippen molar-refractivity contribution in [3.8, 4) is 0 Å². The molecule has 164 valence electrons. The van der Waals surface area contributed by atoms with Gasteiger partial charge in [-0.15, -0.1) is 0 Å². The first kappa shape index (κ1) is 21.6. The lowest BCUT2D eigenvalue weighted by molar-refractivity contribution is -0.119. The van der Waals surface area contributed by atoms with E-state index in [-0.39, 0.29) is 23.3 Å². The largest absolute Gasteiger partial charge is 0.459 e. The molecule has 2 aromatic carbocycles. The van der Waals surface area contributed by atoms with Crippen molar-refractivity contribution in [2.45, 2.75) is 6.42 Å². The first-order valence-corrected chi connectivity index (χ1v) is 10.8. The molecule has 1 aromatic heterocycles. The second kappa shape index (κ2) is 10.1. The highest BCUT2D eigenvalue weighted by Crippen LogP contribution is 2.20. The Morgan fingerprint density at radius 2 is 1.62 bits per heavy atom. The van der Waals surface area contributed by atoms with Gasteiger partial charge in [0.05, 0.1) is 12.7 Å². The third kappa shape index (κ3) is 5.53. The third-order valence-corrected chi connectivity index (χ3v) is 5.45. The molecular weight excluding hydrogens is 424 g/mol. The Morgan fingerprint density at radius 1 is 0.906 bits per heavy atom. The molecule has 2 amide bonds. The maximum atomic E-state index is 12.4. The van der Waals surface area contributed by atoms with Crippen LogP contribution in [-0.2, 0) is 11.2 Å². The Kier molecular flexibility index (Phi) is 6.81. The highest BCUT2D eigenvalue weighted by atomic mass is 32.1. The van der Waals surface area contributed by atoms with E-state index >= 15 is 0 Å². The van der Waals surface area contributed by atoms with Gasteiger partial charge in [0.15, 0.2) is 10.9 Å². The number of piperazine rings is 1. The zero-order valence-electron chi connectivity index (χ0n) is 17.5. The van der Waals surface area contributed by atoms with Crippen LogP contribution in [0.5, 0.6) is 0 Å². The number of carbonyl (C=O) groups excluding carboxylic acids is 2. The lowest BCUT2D eigenvalue weighted by Crippen LogP contribution is -2.48. The summed E-state index contributed by atoms with van der Waals surface area (Å²) in [6, 6.07) is 20.8. The van der Waals surface area contributed by atoms with Crippen molar-refractivity contribution in [2.75, 3.05) is 36.4 Å². The van der Waals surface area contributed by atoms with Crippen molar-refractivity contribution < 1.29 is 14.0 Å². The second-order valence-electron chi connectivity index (χ2n) is 7.47. The lowest BCUT2D eigenvalue weighted by Gasteiger charge is -2.35. The zero-order chi connectivity index (χ0) is 22.3. The number of nitrogens with zero attached hydrogens (tertiary/aromatic N) is 2. The average molecular weight is 449 g/mol. The fourth-order valence-electron chi connectivity index (χ4n) is 3.59. The lowest BCUT2D eigenvalue weighted by atomic mass is 10.1. The third-order valence-electron chi connectivity index (χ3n) is 5.25. The highest BCUT2D eigenvalue weighted by molar-refractivity contribution is 7.80. The molecule has 2 N–H and O–H groups in total. The molecule has 1 aliphatic rings. The number of hydrogen-bond donors (Lipinski definition) is 2. The van der Waals surface area contributed by atoms with Gasteiger partial charge in [-0.05, 0) is 54.2 Å². The molecule has 1 aliphatic heterocycles. The van der Waals surface area contributed by atoms with Crippen molar-refractivity contribution in [3.63, 3.8) is 0 Å². The predicted octanol–water partition coefficient (Wildman–Crippen LogP) is 3.30. The minimum atomic E-state index is -0.160. The van der Waals surface area contributed by atoms with Crippen LogP contribution in [0, 0.1) is 0 Å². The van der Waals surface area contributed by atoms with Crippen molar-refractivity contribution in [1.29, 1.82) is 0 Å². The monoisotopic (exact) mass is 448 g/mol. The summed E-state index contributed by atoms with van der Waals surface area (Å²) >= 11 is 5.26. The average Bonchev–Trinajstić information content (AvgIpc) is 3.35. The van der Waals surface area contributed by atoms with Gasteiger partial charge in [0, 0.05) is 37.6 Å². The summed E-state index contributed by atoms with van der Waals surface area (Å²) in [6.45, 7) is 2.76. The van der Waals surface area contributed by atoms with E-state index < -0.39 is 0 Å². The molecule has 0 radical (unpaired) electrons. The SMILES string of the molecule is O=C(Cc1ccccc1)NC(=S)Nc1ccc(N2CCN(C(=O)c3ccco3)CC2)cc1. The smallest absolute Gasteiger partial charge is 0.289 e. The number of furan rings is 1. The number of nitrogens with one attached hydrogen (secondary N) is 2. The molecule has 0 bridgehead atoms. The zero-order valence-corrected chi connectivity index (χ0v) is 18.3. The number of anilines is 2. The van der Waals surface area contributed by atoms with Gasteiger partial charge in [-0.2, -0.15) is 0 Å². The van der Waals surface area contributed by atoms with Crippen LogP contribution in [0.4, 0.5) is 11.4 Å². The van der Waals surface area contributed by atoms with E-state index in [1.165, 1.54) is 6.26 Å². The number of rotatable bonds is 5. The van der Waals surface area contributed by atoms with Gasteiger partial charge in [-0.1, -0.05) is 30.3 Å². The Morgan fingerprint density at radius 3 is 2.28 bits per heavy atom. The van der Waals surface area contributed by atoms with Crippen LogP contribution in [0.15, 0.2) is 77.4 Å². The van der Waals surface area contributed by atoms with E-state index in [2.05, 4.69) is 15.5 Å². The quantitative estimate of drug-likeness (QED) is 0.584. The van der Waals surface area contributed by atoms with Crippen LogP contribution in [-0.4, -0.2) is 48.0 Å². The molecule has 3 aromatic rings. The molecule has 0 spiro atoms. The second-order valence-corrected chi connectivity index (χ2v) is 7.88. The standard InChI is InChI=1S/C24H24N4O3S/c29-22(17-18-5-2-1-3-6-18)26-24(32)25-19-8-10-20(11-9-19)27-12-14-28(15-13-27)23(30)21-7-4-16-31-21/h1-11,16H,12-15,17H2,(H2,25,26,29,32). The van der Waals surface area contributed by atoms with E-state index in [1.54, 1.807) is 12.1 Å². The van der Waals surface area contributed by atoms with Gasteiger partial charge >= 0.3 is 0 Å². The van der Waals surface area contributed by atoms with E-state index in [9.17, 15) is 9.59 Å². The first-order valence-electron chi connectivity index (χ1n) is 10.4. The van der Waals surface area contributed by atoms with Crippen LogP contribution in [0.3, 0.4) is 0 Å². The molecule has 0 saturated carbocycles. The van der Waals surface area contributed by atoms with E-state index in [0.29, 0.717) is 18.8 Å². The molecule has 32 heavy (non-hydrogen) atoms. The van der Waals surface area contributed by atoms with Gasteiger partial charge in [0.1, 0.15) is 0 Å². The van der Waals surface area contributed by atoms with Crippen LogP contribution >= 0.6 is 12.2 Å². The van der Waals surface area contributed by atoms with Crippen LogP contribution in [0.2, 0.25) is 0 Å². The molecule has 0 aliphatic carbocycles. The maximum absolute atomic E-state index is 12.4. The van der Waals surface area contributed by atoms with Crippen molar-refractivity contribution in [3.05, 3.63) is 84.3 Å². The van der Waals surface area contributed by atoms with Gasteiger partial charge in [0.2, 0.25) is 5.91 Å². The molecule has 1 saturated heterocycles. The summed E-state index contributed by atoms with van der Waals surface area (Å²) in [6.07, 6.45) is 1.79. The first-order chi connectivity index (χ1) is 15.6. The maximum Gasteiger partial charge on any atom is 0.289 e. The normalized spacial score (nSPS) is 13.5. The number of carbonyl (C=O) groups is 2. The Balaban J connectivity index is 1.25. The minimum absolute atomic E-state index is 0.0722. The van der Waals surface area contributed by atoms with E-state index in [4.69, 9.17) is 16.6 Å². The van der Waals surface area contributed by atoms with Crippen LogP contribution < -0.4 is 15.5 Å². The molecule has 0 atom stereocenters. The van der Waals surface area contributed by atoms with E-state index in [0.717, 1.165) is 30.0 Å². The number of amides is 2. The Labute approximate surface area is 192 Å². The summed E-state index contributed by atoms with van der Waals surface area (Å²) in [5.41, 5.74) is 2.80. The predicted molar refractivity (Wildman–Crippen MR) is 128 cm³/mol. The molecule has 0 unspecified atom stereocenters. The number of thiocarbonyl (C=S) groups is 1. The Hall–Kier alpha value is -3.65. The van der Waals surface area contributed by atoms with Crippen LogP contribution in [0.25, 0.3) is 0 Å². The number of benzene rings is 2. The molecule has 8 heteroatoms. The highest BCUT2D eigenvalue weighted by Gasteiger charge is 2.23. The molecule has 7 nitrogen and oxygen atoms in total. The molecule has 2 heterocycles. The van der Waals surface area contributed by atoms with Crippen LogP contribution in [0.1, 0.15) is 16.1 Å². The summed E-state index contributed by atoms with van der Waals surface area (Å²) < 4.78 is 5.21. The fraction of sp³-hybridized carbons (Fsp3) is 0.208. The van der Waals surface area contributed by atoms with E-state index in [1.807, 2.05) is 59.5 Å². The summed E-state index contributed by atoms with van der Waals surface area (Å²) in [5, 5.41) is 6.02. The van der Waals surface area contributed by atoms with Crippen molar-refractivity contribution in [2.24, 2.45) is 0 Å². The van der Waals surface area contributed by atoms with Gasteiger partial charge in [0.25, 0.3) is 5.91 Å². The Bertz CT molecular complexity index is 1060. The van der Waals surface area contributed by atoms with Crippen molar-refractivity contribution >= 4 is 40.5 Å². The van der Waals surface area contributed by atoms with Crippen molar-refractivity contribution in [1.82, 2.24) is 10.2 Å². The fourth-order valence-corrected chi connectivity index (χ4v) is 3.83.